The maximum atomic E-state index is 14.6. The van der Waals surface area contributed by atoms with Crippen LogP contribution in [0.2, 0.25) is 0 Å². The number of Topliss-reactive ketones (excluding diaryl/α,β-unsaturated/α-hetero) is 1. The molecule has 5 fully saturated rings. The molecule has 0 amide bonds. The van der Waals surface area contributed by atoms with Crippen LogP contribution in [0.1, 0.15) is 52.4 Å². The number of aliphatic hydroxyl groups excluding tert-OH is 1. The average Bonchev–Trinajstić information content (AvgIpc) is 3.18. The van der Waals surface area contributed by atoms with Crippen LogP contribution in [0.25, 0.3) is 0 Å². The minimum atomic E-state index is -0.676. The average molecular weight is 386 g/mol. The lowest BCUT2D eigenvalue weighted by Gasteiger charge is -2.63. The summed E-state index contributed by atoms with van der Waals surface area (Å²) in [7, 11) is 1.47. The Morgan fingerprint density at radius 1 is 1.21 bits per heavy atom. The number of hydrogen-bond donors (Lipinski definition) is 1. The number of hydrogen-bond acceptors (Lipinski definition) is 5. The zero-order valence-electron chi connectivity index (χ0n) is 17.2. The summed E-state index contributed by atoms with van der Waals surface area (Å²) in [5.74, 6) is 0.639. The lowest BCUT2D eigenvalue weighted by molar-refractivity contribution is -0.186. The van der Waals surface area contributed by atoms with Crippen molar-refractivity contribution in [2.45, 2.75) is 64.0 Å². The van der Waals surface area contributed by atoms with Crippen molar-refractivity contribution in [3.05, 3.63) is 11.1 Å². The smallest absolute Gasteiger partial charge is 0.309 e. The van der Waals surface area contributed by atoms with Gasteiger partial charge in [0.25, 0.3) is 0 Å². The van der Waals surface area contributed by atoms with Gasteiger partial charge in [0.15, 0.2) is 5.78 Å². The molecule has 3 saturated heterocycles. The van der Waals surface area contributed by atoms with Gasteiger partial charge in [-0.2, -0.15) is 0 Å². The van der Waals surface area contributed by atoms with Crippen molar-refractivity contribution in [1.29, 1.82) is 0 Å². The molecule has 8 unspecified atom stereocenters. The third kappa shape index (κ3) is 1.53. The molecule has 152 valence electrons. The van der Waals surface area contributed by atoms with E-state index in [9.17, 15) is 14.7 Å². The fourth-order valence-corrected chi connectivity index (χ4v) is 8.95. The first kappa shape index (κ1) is 17.6. The van der Waals surface area contributed by atoms with Gasteiger partial charge in [-0.05, 0) is 56.3 Å². The molecule has 7 rings (SSSR count). The number of fused-ring (bicyclic) bond motifs is 1. The quantitative estimate of drug-likeness (QED) is 0.554. The highest BCUT2D eigenvalue weighted by atomic mass is 16.5. The van der Waals surface area contributed by atoms with E-state index in [4.69, 9.17) is 4.74 Å². The predicted octanol–water partition coefficient (Wildman–Crippen LogP) is 2.33. The Kier molecular flexibility index (Phi) is 3.21. The predicted molar refractivity (Wildman–Crippen MR) is 102 cm³/mol. The summed E-state index contributed by atoms with van der Waals surface area (Å²) in [4.78, 5) is 29.7. The molecule has 2 saturated carbocycles. The fourth-order valence-electron chi connectivity index (χ4n) is 8.95. The Balaban J connectivity index is 1.65. The first-order valence-corrected chi connectivity index (χ1v) is 11.1. The Labute approximate surface area is 166 Å². The van der Waals surface area contributed by atoms with Crippen molar-refractivity contribution < 1.29 is 19.4 Å². The number of carbonyl (C=O) groups excluding carboxylic acids is 2. The standard InChI is InChI=1S/C23H31NO4/c1-12-10-24-11-14-6-4-13-5-7-15-16(19(26)28-3)8-22(18(13)15)20(27)23(12,24)9-17(25)21(14,22)2/h12,14-17,25H,4-11H2,1-3H3. The fraction of sp³-hybridized carbons (Fsp3) is 0.826. The van der Waals surface area contributed by atoms with Crippen molar-refractivity contribution in [2.24, 2.45) is 34.5 Å². The van der Waals surface area contributed by atoms with E-state index in [2.05, 4.69) is 18.7 Å². The Bertz CT molecular complexity index is 834. The van der Waals surface area contributed by atoms with Gasteiger partial charge in [0.1, 0.15) is 0 Å². The lowest BCUT2D eigenvalue weighted by Crippen LogP contribution is -2.76. The highest BCUT2D eigenvalue weighted by Gasteiger charge is 2.80. The van der Waals surface area contributed by atoms with E-state index in [-0.39, 0.29) is 23.7 Å². The number of aliphatic hydroxyl groups is 1. The van der Waals surface area contributed by atoms with E-state index >= 15 is 0 Å². The molecular formula is C23H31NO4. The lowest BCUT2D eigenvalue weighted by atomic mass is 9.44. The summed E-state index contributed by atoms with van der Waals surface area (Å²) in [5.41, 5.74) is 1.03. The van der Waals surface area contributed by atoms with Crippen LogP contribution in [0.15, 0.2) is 11.1 Å². The number of carbonyl (C=O) groups is 2. The van der Waals surface area contributed by atoms with Crippen molar-refractivity contribution in [1.82, 2.24) is 4.90 Å². The van der Waals surface area contributed by atoms with E-state index in [0.29, 0.717) is 24.5 Å². The molecule has 0 aromatic rings. The first-order chi connectivity index (χ1) is 13.3. The molecule has 4 bridgehead atoms. The molecule has 3 aliphatic heterocycles. The molecule has 28 heavy (non-hydrogen) atoms. The Hall–Kier alpha value is -1.20. The van der Waals surface area contributed by atoms with E-state index < -0.39 is 22.5 Å². The second-order valence-corrected chi connectivity index (χ2v) is 10.7. The molecule has 3 heterocycles. The van der Waals surface area contributed by atoms with Crippen LogP contribution in [0, 0.1) is 34.5 Å². The highest BCUT2D eigenvalue weighted by Crippen LogP contribution is 2.75. The molecule has 1 N–H and O–H groups in total. The summed E-state index contributed by atoms with van der Waals surface area (Å²) in [6.45, 7) is 6.24. The van der Waals surface area contributed by atoms with E-state index in [1.807, 2.05) is 0 Å². The molecule has 0 aromatic carbocycles. The van der Waals surface area contributed by atoms with Gasteiger partial charge >= 0.3 is 5.97 Å². The van der Waals surface area contributed by atoms with E-state index in [0.717, 1.165) is 38.8 Å². The molecule has 7 aliphatic rings. The number of rotatable bonds is 1. The minimum Gasteiger partial charge on any atom is -0.469 e. The maximum Gasteiger partial charge on any atom is 0.309 e. The molecule has 5 nitrogen and oxygen atoms in total. The topological polar surface area (TPSA) is 66.8 Å². The third-order valence-corrected chi connectivity index (χ3v) is 10.3. The Morgan fingerprint density at radius 2 is 1.96 bits per heavy atom. The molecule has 2 spiro atoms. The summed E-state index contributed by atoms with van der Waals surface area (Å²) in [6, 6.07) is 0. The molecule has 0 radical (unpaired) electrons. The molecule has 0 aromatic heterocycles. The van der Waals surface area contributed by atoms with E-state index in [1.165, 1.54) is 18.3 Å². The van der Waals surface area contributed by atoms with Gasteiger partial charge < -0.3 is 9.84 Å². The second-order valence-electron chi connectivity index (χ2n) is 10.7. The van der Waals surface area contributed by atoms with Gasteiger partial charge in [-0.3, -0.25) is 14.5 Å². The van der Waals surface area contributed by atoms with Gasteiger partial charge in [-0.15, -0.1) is 0 Å². The largest absolute Gasteiger partial charge is 0.469 e. The molecule has 5 heteroatoms. The zero-order chi connectivity index (χ0) is 19.6. The number of allylic oxidation sites excluding steroid dienone is 2. The normalized spacial score (nSPS) is 54.0. The van der Waals surface area contributed by atoms with Gasteiger partial charge in [-0.25, -0.2) is 0 Å². The van der Waals surface area contributed by atoms with Gasteiger partial charge in [0, 0.05) is 18.5 Å². The van der Waals surface area contributed by atoms with Crippen LogP contribution < -0.4 is 0 Å². The number of esters is 1. The summed E-state index contributed by atoms with van der Waals surface area (Å²) in [5, 5.41) is 11.6. The van der Waals surface area contributed by atoms with Crippen LogP contribution in [-0.2, 0) is 14.3 Å². The van der Waals surface area contributed by atoms with Crippen molar-refractivity contribution in [3.8, 4) is 0 Å². The minimum absolute atomic E-state index is 0.133. The SMILES string of the molecule is COC(=O)C1CC23C(=O)C45CC(O)C2(C)C(CCC2=C3C1CC2)CN4CC5C. The highest BCUT2D eigenvalue weighted by molar-refractivity contribution is 6.01. The number of ether oxygens (including phenoxy) is 1. The first-order valence-electron chi connectivity index (χ1n) is 11.1. The summed E-state index contributed by atoms with van der Waals surface area (Å²) < 4.78 is 5.20. The Morgan fingerprint density at radius 3 is 2.68 bits per heavy atom. The monoisotopic (exact) mass is 385 g/mol. The van der Waals surface area contributed by atoms with Gasteiger partial charge in [-0.1, -0.05) is 25.0 Å². The van der Waals surface area contributed by atoms with Crippen molar-refractivity contribution >= 4 is 11.8 Å². The van der Waals surface area contributed by atoms with Crippen molar-refractivity contribution in [2.75, 3.05) is 20.2 Å². The summed E-state index contributed by atoms with van der Waals surface area (Å²) >= 11 is 0. The zero-order valence-corrected chi connectivity index (χ0v) is 17.2. The number of ketones is 1. The van der Waals surface area contributed by atoms with Crippen LogP contribution in [0.5, 0.6) is 0 Å². The summed E-state index contributed by atoms with van der Waals surface area (Å²) in [6.07, 6.45) is 4.67. The van der Waals surface area contributed by atoms with Crippen LogP contribution in [-0.4, -0.2) is 53.6 Å². The van der Waals surface area contributed by atoms with Crippen LogP contribution in [0.4, 0.5) is 0 Å². The second kappa shape index (κ2) is 5.10. The molecule has 8 atom stereocenters. The van der Waals surface area contributed by atoms with Crippen molar-refractivity contribution in [3.63, 3.8) is 0 Å². The molecular weight excluding hydrogens is 354 g/mol. The van der Waals surface area contributed by atoms with Gasteiger partial charge in [0.2, 0.25) is 0 Å². The maximum absolute atomic E-state index is 14.6. The number of methoxy groups -OCH3 is 1. The molecule has 4 aliphatic carbocycles. The third-order valence-electron chi connectivity index (χ3n) is 10.3. The van der Waals surface area contributed by atoms with E-state index in [1.54, 1.807) is 0 Å². The van der Waals surface area contributed by atoms with Crippen LogP contribution in [0.3, 0.4) is 0 Å². The van der Waals surface area contributed by atoms with Crippen LogP contribution >= 0.6 is 0 Å². The van der Waals surface area contributed by atoms with Gasteiger partial charge in [0.05, 0.1) is 30.1 Å². The number of nitrogens with zero attached hydrogens (tertiary/aromatic N) is 1.